The minimum atomic E-state index is -1.48. The van der Waals surface area contributed by atoms with Crippen molar-refractivity contribution in [3.05, 3.63) is 23.0 Å². The third kappa shape index (κ3) is 6.27. The molecule has 0 saturated carbocycles. The first-order valence-electron chi connectivity index (χ1n) is 6.35. The molecule has 12 nitrogen and oxygen atoms in total. The first-order chi connectivity index (χ1) is 11.1. The van der Waals surface area contributed by atoms with Crippen molar-refractivity contribution in [3.63, 3.8) is 0 Å². The van der Waals surface area contributed by atoms with Crippen LogP contribution in [0.1, 0.15) is 0 Å². The second-order valence-corrected chi connectivity index (χ2v) is 4.58. The number of ether oxygens (including phenoxy) is 2. The number of carbonyl (C=O) groups excluding carboxylic acids is 2. The zero-order chi connectivity index (χ0) is 18.6. The van der Waals surface area contributed by atoms with E-state index in [1.165, 1.54) is 0 Å². The van der Waals surface area contributed by atoms with Gasteiger partial charge in [-0.2, -0.15) is 0 Å². The van der Waals surface area contributed by atoms with Crippen LogP contribution in [0.4, 0.5) is 0 Å². The number of hydrogen-bond donors (Lipinski definition) is 6. The van der Waals surface area contributed by atoms with Crippen LogP contribution in [0.25, 0.3) is 0 Å². The normalized spacial score (nSPS) is 23.8. The van der Waals surface area contributed by atoms with Crippen LogP contribution < -0.4 is 69.3 Å². The number of carbonyl (C=O) groups is 2. The van der Waals surface area contributed by atoms with Crippen LogP contribution in [0.5, 0.6) is 0 Å². The van der Waals surface area contributed by atoms with E-state index in [4.69, 9.17) is 30.6 Å². The molecule has 0 bridgehead atoms. The van der Waals surface area contributed by atoms with Crippen molar-refractivity contribution in [2.24, 2.45) is 0 Å². The minimum absolute atomic E-state index is 0. The molecular formula is C12H14Na2O12. The fraction of sp³-hybridized carbons (Fsp3) is 0.500. The van der Waals surface area contributed by atoms with Gasteiger partial charge in [0.25, 0.3) is 0 Å². The van der Waals surface area contributed by atoms with E-state index in [9.17, 15) is 19.8 Å². The quantitative estimate of drug-likeness (QED) is 0.193. The molecule has 2 aliphatic heterocycles. The molecule has 0 aromatic heterocycles. The minimum Gasteiger partial charge on any atom is -0.870 e. The molecule has 0 aromatic carbocycles. The third-order valence-electron chi connectivity index (χ3n) is 2.91. The molecule has 2 heterocycles. The van der Waals surface area contributed by atoms with Gasteiger partial charge in [0.05, 0.1) is 13.2 Å². The van der Waals surface area contributed by atoms with Gasteiger partial charge in [-0.05, 0) is 11.5 Å². The van der Waals surface area contributed by atoms with E-state index in [-0.39, 0.29) is 59.1 Å². The fourth-order valence-corrected chi connectivity index (χ4v) is 1.62. The number of rotatable bonds is 4. The van der Waals surface area contributed by atoms with Gasteiger partial charge in [0.1, 0.15) is 24.4 Å². The fourth-order valence-electron chi connectivity index (χ4n) is 1.62. The summed E-state index contributed by atoms with van der Waals surface area (Å²) in [4.78, 5) is 21.0. The first-order valence-corrected chi connectivity index (χ1v) is 6.35. The predicted molar refractivity (Wildman–Crippen MR) is 65.3 cm³/mol. The van der Waals surface area contributed by atoms with Crippen LogP contribution in [0, 0.1) is 0 Å². The van der Waals surface area contributed by atoms with Crippen molar-refractivity contribution in [2.75, 3.05) is 13.2 Å². The molecule has 0 aromatic rings. The average molecular weight is 396 g/mol. The largest absolute Gasteiger partial charge is 1.00 e. The number of cyclic esters (lactones) is 2. The molecule has 6 N–H and O–H groups in total. The molecule has 0 saturated heterocycles. The molecule has 0 spiro atoms. The maximum absolute atomic E-state index is 10.8. The smallest absolute Gasteiger partial charge is 0.870 e. The summed E-state index contributed by atoms with van der Waals surface area (Å²) in [5.74, 6) is -6.40. The van der Waals surface area contributed by atoms with E-state index >= 15 is 0 Å². The zero-order valence-electron chi connectivity index (χ0n) is 13.9. The van der Waals surface area contributed by atoms with Crippen molar-refractivity contribution in [2.45, 2.75) is 24.4 Å². The summed E-state index contributed by atoms with van der Waals surface area (Å²) in [6.45, 7) is -1.42. The Kier molecular flexibility index (Phi) is 12.8. The maximum Gasteiger partial charge on any atom is 1.00 e. The van der Waals surface area contributed by atoms with E-state index < -0.39 is 72.6 Å². The Balaban J connectivity index is 0. The number of aliphatic hydroxyl groups is 6. The van der Waals surface area contributed by atoms with Crippen LogP contribution in [0.2, 0.25) is 0 Å². The van der Waals surface area contributed by atoms with Gasteiger partial charge in [-0.25, -0.2) is 9.59 Å². The summed E-state index contributed by atoms with van der Waals surface area (Å²) in [5, 5.41) is 73.6. The van der Waals surface area contributed by atoms with Crippen molar-refractivity contribution in [1.29, 1.82) is 0 Å². The van der Waals surface area contributed by atoms with Gasteiger partial charge < -0.3 is 50.3 Å². The van der Waals surface area contributed by atoms with Gasteiger partial charge in [-0.3, -0.25) is 0 Å². The van der Waals surface area contributed by atoms with Gasteiger partial charge in [0.2, 0.25) is 0 Å². The molecule has 0 unspecified atom stereocenters. The van der Waals surface area contributed by atoms with E-state index in [1.807, 2.05) is 0 Å². The second-order valence-electron chi connectivity index (χ2n) is 4.58. The Labute approximate surface area is 190 Å². The van der Waals surface area contributed by atoms with Crippen LogP contribution >= 0.6 is 0 Å². The summed E-state index contributed by atoms with van der Waals surface area (Å²) in [5.41, 5.74) is 0. The molecule has 136 valence electrons. The Morgan fingerprint density at radius 3 is 1.23 bits per heavy atom. The van der Waals surface area contributed by atoms with Crippen molar-refractivity contribution >= 4 is 11.9 Å². The zero-order valence-corrected chi connectivity index (χ0v) is 17.9. The number of hydrogen-bond acceptors (Lipinski definition) is 12. The SMILES string of the molecule is O=C1O[C@@H]([C@H](O)CO)C([O-])=C1O.O=C1O[C@@H]([C@H](O)CO)C([O-])=C1O.[Na+].[Na+]. The topological polar surface area (TPSA) is 220 Å². The summed E-state index contributed by atoms with van der Waals surface area (Å²) < 4.78 is 8.51. The maximum atomic E-state index is 10.8. The summed E-state index contributed by atoms with van der Waals surface area (Å²) in [6.07, 6.45) is -5.90. The van der Waals surface area contributed by atoms with Crippen molar-refractivity contribution in [1.82, 2.24) is 0 Å². The van der Waals surface area contributed by atoms with Gasteiger partial charge in [0, 0.05) is 0 Å². The molecule has 14 heteroatoms. The number of aliphatic hydroxyl groups excluding tert-OH is 6. The Hall–Kier alpha value is -0.540. The van der Waals surface area contributed by atoms with Crippen LogP contribution in [0.3, 0.4) is 0 Å². The van der Waals surface area contributed by atoms with Crippen molar-refractivity contribution < 1.29 is 119 Å². The van der Waals surface area contributed by atoms with Gasteiger partial charge in [0.15, 0.2) is 11.5 Å². The standard InChI is InChI=1S/2C6H8O6.2Na/c2*7-1-2(8)5-3(9)4(10)6(11)12-5;;/h2*2,5,7-10H,1H2;;/q;;2*+1/p-2/t2*2-,5+;;/m11../s1. The average Bonchev–Trinajstić information content (AvgIpc) is 2.98. The Bertz CT molecular complexity index is 525. The molecule has 2 rings (SSSR count). The van der Waals surface area contributed by atoms with Crippen LogP contribution in [0.15, 0.2) is 23.0 Å². The van der Waals surface area contributed by atoms with Gasteiger partial charge in [-0.15, -0.1) is 0 Å². The van der Waals surface area contributed by atoms with Gasteiger partial charge >= 0.3 is 71.1 Å². The summed E-state index contributed by atoms with van der Waals surface area (Å²) in [7, 11) is 0. The van der Waals surface area contributed by atoms with Crippen molar-refractivity contribution in [3.8, 4) is 0 Å². The Morgan fingerprint density at radius 2 is 1.08 bits per heavy atom. The van der Waals surface area contributed by atoms with E-state index in [2.05, 4.69) is 9.47 Å². The second kappa shape index (κ2) is 12.0. The monoisotopic (exact) mass is 396 g/mol. The number of esters is 2. The Morgan fingerprint density at radius 1 is 0.808 bits per heavy atom. The van der Waals surface area contributed by atoms with E-state index in [0.29, 0.717) is 0 Å². The first kappa shape index (κ1) is 27.7. The molecule has 0 amide bonds. The van der Waals surface area contributed by atoms with Crippen LogP contribution in [-0.4, -0.2) is 80.2 Å². The van der Waals surface area contributed by atoms with Gasteiger partial charge in [-0.1, -0.05) is 0 Å². The predicted octanol–water partition coefficient (Wildman–Crippen LogP) is -11.2. The molecule has 4 atom stereocenters. The molecule has 0 radical (unpaired) electrons. The molecule has 2 aliphatic rings. The van der Waals surface area contributed by atoms with E-state index in [1.54, 1.807) is 0 Å². The van der Waals surface area contributed by atoms with E-state index in [0.717, 1.165) is 0 Å². The van der Waals surface area contributed by atoms with Crippen LogP contribution in [-0.2, 0) is 19.1 Å². The molecule has 0 aliphatic carbocycles. The molecular weight excluding hydrogens is 382 g/mol. The summed E-state index contributed by atoms with van der Waals surface area (Å²) in [6, 6.07) is 0. The molecule has 0 fully saturated rings. The molecule has 26 heavy (non-hydrogen) atoms. The third-order valence-corrected chi connectivity index (χ3v) is 2.91. The summed E-state index contributed by atoms with van der Waals surface area (Å²) >= 11 is 0.